The van der Waals surface area contributed by atoms with Crippen LogP contribution in [0, 0.1) is 0 Å². The lowest BCUT2D eigenvalue weighted by atomic mass is 10.3. The predicted molar refractivity (Wildman–Crippen MR) is 67.2 cm³/mol. The molecule has 0 spiro atoms. The molecule has 5 heteroatoms. The van der Waals surface area contributed by atoms with Crippen LogP contribution in [0.5, 0.6) is 5.75 Å². The fraction of sp³-hybridized carbons (Fsp3) is 0.417. The number of cyclic esters (lactones) is 1. The van der Waals surface area contributed by atoms with Gasteiger partial charge in [-0.15, -0.1) is 0 Å². The van der Waals surface area contributed by atoms with Crippen molar-refractivity contribution in [3.05, 3.63) is 28.7 Å². The van der Waals surface area contributed by atoms with Crippen LogP contribution in [0.15, 0.2) is 28.7 Å². The summed E-state index contributed by atoms with van der Waals surface area (Å²) in [6.45, 7) is 3.60. The number of hydrogen-bond acceptors (Lipinski definition) is 3. The van der Waals surface area contributed by atoms with Gasteiger partial charge in [0.15, 0.2) is 6.10 Å². The molecule has 1 aromatic carbocycles. The Morgan fingerprint density at radius 2 is 2.18 bits per heavy atom. The largest absolute Gasteiger partial charge is 0.490 e. The standard InChI is InChI=1S/C12H14BrNO3/c1-2-14-7-11(17-12(14)15)8-16-10-5-3-9(13)4-6-10/h3-6,11H,2,7-8H2,1H3/t11-/m0/s1. The molecule has 1 aromatic rings. The van der Waals surface area contributed by atoms with E-state index < -0.39 is 0 Å². The number of benzene rings is 1. The Labute approximate surface area is 109 Å². The van der Waals surface area contributed by atoms with Crippen molar-refractivity contribution in [1.82, 2.24) is 4.90 Å². The number of nitrogens with zero attached hydrogens (tertiary/aromatic N) is 1. The minimum atomic E-state index is -0.253. The molecule has 0 N–H and O–H groups in total. The van der Waals surface area contributed by atoms with Gasteiger partial charge in [0.2, 0.25) is 0 Å². The van der Waals surface area contributed by atoms with Crippen LogP contribution in [-0.4, -0.2) is 36.8 Å². The molecule has 1 heterocycles. The normalized spacial score (nSPS) is 19.3. The minimum absolute atomic E-state index is 0.175. The summed E-state index contributed by atoms with van der Waals surface area (Å²) in [5.74, 6) is 0.777. The predicted octanol–water partition coefficient (Wildman–Crippen LogP) is 2.67. The van der Waals surface area contributed by atoms with E-state index in [9.17, 15) is 4.79 Å². The van der Waals surface area contributed by atoms with Crippen LogP contribution in [-0.2, 0) is 4.74 Å². The van der Waals surface area contributed by atoms with E-state index in [1.807, 2.05) is 31.2 Å². The highest BCUT2D eigenvalue weighted by molar-refractivity contribution is 9.10. The minimum Gasteiger partial charge on any atom is -0.490 e. The topological polar surface area (TPSA) is 38.8 Å². The van der Waals surface area contributed by atoms with Gasteiger partial charge in [0.1, 0.15) is 12.4 Å². The second kappa shape index (κ2) is 5.40. The molecule has 1 aliphatic rings. The van der Waals surface area contributed by atoms with E-state index in [0.717, 1.165) is 10.2 Å². The molecule has 1 aliphatic heterocycles. The Morgan fingerprint density at radius 3 is 2.76 bits per heavy atom. The van der Waals surface area contributed by atoms with Crippen molar-refractivity contribution in [2.24, 2.45) is 0 Å². The molecule has 1 amide bonds. The van der Waals surface area contributed by atoms with Gasteiger partial charge in [0.05, 0.1) is 6.54 Å². The second-order valence-electron chi connectivity index (χ2n) is 3.81. The zero-order valence-electron chi connectivity index (χ0n) is 9.56. The van der Waals surface area contributed by atoms with E-state index in [-0.39, 0.29) is 12.2 Å². The van der Waals surface area contributed by atoms with Gasteiger partial charge in [0, 0.05) is 11.0 Å². The fourth-order valence-corrected chi connectivity index (χ4v) is 1.90. The van der Waals surface area contributed by atoms with Crippen molar-refractivity contribution in [1.29, 1.82) is 0 Å². The maximum Gasteiger partial charge on any atom is 0.410 e. The summed E-state index contributed by atoms with van der Waals surface area (Å²) < 4.78 is 11.7. The molecule has 0 radical (unpaired) electrons. The lowest BCUT2D eigenvalue weighted by Crippen LogP contribution is -2.26. The molecule has 1 saturated heterocycles. The summed E-state index contributed by atoms with van der Waals surface area (Å²) in [5, 5.41) is 0. The molecule has 0 bridgehead atoms. The van der Waals surface area contributed by atoms with Crippen LogP contribution >= 0.6 is 15.9 Å². The number of likely N-dealkylation sites (N-methyl/N-ethyl adjacent to an activating group) is 1. The first-order valence-corrected chi connectivity index (χ1v) is 6.32. The zero-order chi connectivity index (χ0) is 12.3. The van der Waals surface area contributed by atoms with Crippen LogP contribution in [0.25, 0.3) is 0 Å². The van der Waals surface area contributed by atoms with Gasteiger partial charge in [0.25, 0.3) is 0 Å². The molecule has 1 atom stereocenters. The highest BCUT2D eigenvalue weighted by atomic mass is 79.9. The van der Waals surface area contributed by atoms with Crippen molar-refractivity contribution in [3.63, 3.8) is 0 Å². The van der Waals surface area contributed by atoms with Crippen LogP contribution in [0.1, 0.15) is 6.92 Å². The number of hydrogen-bond donors (Lipinski definition) is 0. The molecule has 4 nitrogen and oxygen atoms in total. The maximum atomic E-state index is 11.3. The van der Waals surface area contributed by atoms with E-state index >= 15 is 0 Å². The van der Waals surface area contributed by atoms with Crippen molar-refractivity contribution in [2.45, 2.75) is 13.0 Å². The first kappa shape index (κ1) is 12.2. The van der Waals surface area contributed by atoms with E-state index in [1.54, 1.807) is 4.90 Å². The van der Waals surface area contributed by atoms with E-state index in [1.165, 1.54) is 0 Å². The number of carbonyl (C=O) groups excluding carboxylic acids is 1. The summed E-state index contributed by atoms with van der Waals surface area (Å²) >= 11 is 3.36. The van der Waals surface area contributed by atoms with Crippen molar-refractivity contribution in [3.8, 4) is 5.75 Å². The number of amides is 1. The van der Waals surface area contributed by atoms with E-state index in [4.69, 9.17) is 9.47 Å². The molecule has 0 aromatic heterocycles. The highest BCUT2D eigenvalue weighted by Crippen LogP contribution is 2.17. The third-order valence-electron chi connectivity index (χ3n) is 2.58. The first-order chi connectivity index (χ1) is 8.19. The van der Waals surface area contributed by atoms with Crippen molar-refractivity contribution in [2.75, 3.05) is 19.7 Å². The summed E-state index contributed by atoms with van der Waals surface area (Å²) in [7, 11) is 0. The Kier molecular flexibility index (Phi) is 3.89. The van der Waals surface area contributed by atoms with E-state index in [2.05, 4.69) is 15.9 Å². The highest BCUT2D eigenvalue weighted by Gasteiger charge is 2.30. The fourth-order valence-electron chi connectivity index (χ4n) is 1.64. The van der Waals surface area contributed by atoms with Crippen LogP contribution in [0.3, 0.4) is 0 Å². The second-order valence-corrected chi connectivity index (χ2v) is 4.73. The number of halogens is 1. The summed E-state index contributed by atoms with van der Waals surface area (Å²) in [4.78, 5) is 13.0. The Bertz CT molecular complexity index is 393. The molecular weight excluding hydrogens is 286 g/mol. The maximum absolute atomic E-state index is 11.3. The summed E-state index contributed by atoms with van der Waals surface area (Å²) in [6.07, 6.45) is -0.428. The third kappa shape index (κ3) is 3.12. The number of ether oxygens (including phenoxy) is 2. The molecule has 1 fully saturated rings. The van der Waals surface area contributed by atoms with Gasteiger partial charge in [-0.3, -0.25) is 0 Å². The van der Waals surface area contributed by atoms with Gasteiger partial charge in [-0.2, -0.15) is 0 Å². The van der Waals surface area contributed by atoms with Crippen molar-refractivity contribution < 1.29 is 14.3 Å². The Balaban J connectivity index is 1.83. The monoisotopic (exact) mass is 299 g/mol. The van der Waals surface area contributed by atoms with Gasteiger partial charge in [-0.05, 0) is 31.2 Å². The zero-order valence-corrected chi connectivity index (χ0v) is 11.1. The molecule has 0 aliphatic carbocycles. The average molecular weight is 300 g/mol. The molecular formula is C12H14BrNO3. The van der Waals surface area contributed by atoms with Gasteiger partial charge in [-0.25, -0.2) is 4.79 Å². The number of rotatable bonds is 4. The van der Waals surface area contributed by atoms with Gasteiger partial charge in [-0.1, -0.05) is 15.9 Å². The lowest BCUT2D eigenvalue weighted by Gasteiger charge is -2.10. The SMILES string of the molecule is CCN1C[C@@H](COc2ccc(Br)cc2)OC1=O. The lowest BCUT2D eigenvalue weighted by molar-refractivity contribution is 0.103. The Morgan fingerprint density at radius 1 is 1.47 bits per heavy atom. The first-order valence-electron chi connectivity index (χ1n) is 5.53. The third-order valence-corrected chi connectivity index (χ3v) is 3.11. The quantitative estimate of drug-likeness (QED) is 0.858. The van der Waals surface area contributed by atoms with Crippen LogP contribution < -0.4 is 4.74 Å². The van der Waals surface area contributed by atoms with Crippen molar-refractivity contribution >= 4 is 22.0 Å². The summed E-state index contributed by atoms with van der Waals surface area (Å²) in [6, 6.07) is 7.57. The molecule has 92 valence electrons. The number of carbonyl (C=O) groups is 1. The smallest absolute Gasteiger partial charge is 0.410 e. The van der Waals surface area contributed by atoms with Gasteiger partial charge < -0.3 is 14.4 Å². The molecule has 2 rings (SSSR count). The summed E-state index contributed by atoms with van der Waals surface area (Å²) in [5.41, 5.74) is 0. The molecule has 17 heavy (non-hydrogen) atoms. The Hall–Kier alpha value is -1.23. The molecule has 0 unspecified atom stereocenters. The molecule has 0 saturated carbocycles. The average Bonchev–Trinajstić information content (AvgIpc) is 2.69. The van der Waals surface area contributed by atoms with Gasteiger partial charge >= 0.3 is 6.09 Å². The van der Waals surface area contributed by atoms with Crippen LogP contribution in [0.4, 0.5) is 4.79 Å². The van der Waals surface area contributed by atoms with Crippen LogP contribution in [0.2, 0.25) is 0 Å². The van der Waals surface area contributed by atoms with E-state index in [0.29, 0.717) is 19.7 Å².